The van der Waals surface area contributed by atoms with Gasteiger partial charge in [0, 0.05) is 12.2 Å². The second-order valence-electron chi connectivity index (χ2n) is 4.36. The number of thiophene rings is 1. The highest BCUT2D eigenvalue weighted by molar-refractivity contribution is 9.11. The molecule has 0 spiro atoms. The number of hydrogen-bond donors (Lipinski definition) is 2. The van der Waals surface area contributed by atoms with E-state index in [1.807, 2.05) is 32.2 Å². The third-order valence-electron chi connectivity index (χ3n) is 2.66. The molecule has 2 rings (SSSR count). The van der Waals surface area contributed by atoms with Crippen molar-refractivity contribution in [1.82, 2.24) is 5.32 Å². The molecule has 0 unspecified atom stereocenters. The Morgan fingerprint density at radius 1 is 1.30 bits per heavy atom. The van der Waals surface area contributed by atoms with Crippen molar-refractivity contribution in [2.75, 3.05) is 11.8 Å². The van der Waals surface area contributed by atoms with Crippen LogP contribution in [-0.4, -0.2) is 15.5 Å². The van der Waals surface area contributed by atoms with E-state index >= 15 is 0 Å². The Bertz CT molecular complexity index is 691. The minimum atomic E-state index is -3.53. The van der Waals surface area contributed by atoms with E-state index in [0.717, 1.165) is 14.9 Å². The van der Waals surface area contributed by atoms with E-state index < -0.39 is 10.0 Å². The average Bonchev–Trinajstić information content (AvgIpc) is 2.71. The largest absolute Gasteiger partial charge is 0.316 e. The van der Waals surface area contributed by atoms with Gasteiger partial charge in [0.1, 0.15) is 4.21 Å². The Kier molecular flexibility index (Phi) is 4.85. The lowest BCUT2D eigenvalue weighted by Crippen LogP contribution is -2.12. The highest BCUT2D eigenvalue weighted by atomic mass is 79.9. The van der Waals surface area contributed by atoms with Gasteiger partial charge in [-0.2, -0.15) is 0 Å². The van der Waals surface area contributed by atoms with Crippen molar-refractivity contribution in [3.63, 3.8) is 0 Å². The fourth-order valence-electron chi connectivity index (χ4n) is 1.72. The first-order valence-corrected chi connectivity index (χ1v) is 9.04. The summed E-state index contributed by atoms with van der Waals surface area (Å²) >= 11 is 4.55. The third-order valence-corrected chi connectivity index (χ3v) is 6.65. The smallest absolute Gasteiger partial charge is 0.271 e. The lowest BCUT2D eigenvalue weighted by molar-refractivity contribution is 0.603. The molecule has 7 heteroatoms. The first-order chi connectivity index (χ1) is 9.42. The summed E-state index contributed by atoms with van der Waals surface area (Å²) < 4.78 is 28.3. The molecule has 1 aromatic carbocycles. The fraction of sp³-hybridized carbons (Fsp3) is 0.231. The van der Waals surface area contributed by atoms with Gasteiger partial charge in [-0.1, -0.05) is 12.1 Å². The average molecular weight is 375 g/mol. The molecule has 0 aliphatic heterocycles. The lowest BCUT2D eigenvalue weighted by atomic mass is 10.2. The molecule has 1 heterocycles. The van der Waals surface area contributed by atoms with Crippen molar-refractivity contribution in [3.8, 4) is 0 Å². The van der Waals surface area contributed by atoms with Crippen molar-refractivity contribution >= 4 is 43.0 Å². The molecule has 0 saturated heterocycles. The van der Waals surface area contributed by atoms with Crippen LogP contribution in [0.15, 0.2) is 38.3 Å². The van der Waals surface area contributed by atoms with Gasteiger partial charge >= 0.3 is 0 Å². The zero-order valence-electron chi connectivity index (χ0n) is 11.1. The van der Waals surface area contributed by atoms with E-state index in [1.165, 1.54) is 11.3 Å². The molecule has 0 atom stereocenters. The molecule has 0 saturated carbocycles. The topological polar surface area (TPSA) is 58.2 Å². The van der Waals surface area contributed by atoms with Crippen LogP contribution in [0.4, 0.5) is 5.69 Å². The van der Waals surface area contributed by atoms with E-state index in [0.29, 0.717) is 16.4 Å². The minimum Gasteiger partial charge on any atom is -0.316 e. The molecule has 0 bridgehead atoms. The number of benzene rings is 1. The van der Waals surface area contributed by atoms with E-state index in [4.69, 9.17) is 0 Å². The molecule has 0 fully saturated rings. The number of anilines is 1. The van der Waals surface area contributed by atoms with Gasteiger partial charge in [-0.25, -0.2) is 8.42 Å². The molecule has 20 heavy (non-hydrogen) atoms. The molecular weight excluding hydrogens is 360 g/mol. The number of aryl methyl sites for hydroxylation is 1. The van der Waals surface area contributed by atoms with Crippen molar-refractivity contribution in [2.24, 2.45) is 0 Å². The van der Waals surface area contributed by atoms with Crippen LogP contribution in [0.2, 0.25) is 0 Å². The van der Waals surface area contributed by atoms with E-state index in [-0.39, 0.29) is 0 Å². The van der Waals surface area contributed by atoms with Gasteiger partial charge in [-0.3, -0.25) is 4.72 Å². The summed E-state index contributed by atoms with van der Waals surface area (Å²) in [6.07, 6.45) is 0. The van der Waals surface area contributed by atoms with Gasteiger partial charge in [0.05, 0.1) is 3.79 Å². The molecular formula is C13H15BrN2O2S2. The molecule has 2 aromatic rings. The van der Waals surface area contributed by atoms with Crippen LogP contribution in [0.1, 0.15) is 11.1 Å². The number of rotatable bonds is 5. The van der Waals surface area contributed by atoms with Crippen LogP contribution >= 0.6 is 27.3 Å². The van der Waals surface area contributed by atoms with Gasteiger partial charge in [0.2, 0.25) is 0 Å². The summed E-state index contributed by atoms with van der Waals surface area (Å²) in [6.45, 7) is 2.56. The summed E-state index contributed by atoms with van der Waals surface area (Å²) in [5.74, 6) is 0. The van der Waals surface area contributed by atoms with Gasteiger partial charge in [-0.15, -0.1) is 11.3 Å². The van der Waals surface area contributed by atoms with Gasteiger partial charge in [-0.05, 0) is 59.2 Å². The van der Waals surface area contributed by atoms with E-state index in [9.17, 15) is 8.42 Å². The maximum absolute atomic E-state index is 12.3. The minimum absolute atomic E-state index is 0.306. The zero-order valence-corrected chi connectivity index (χ0v) is 14.3. The van der Waals surface area contributed by atoms with Crippen LogP contribution < -0.4 is 10.0 Å². The highest BCUT2D eigenvalue weighted by Crippen LogP contribution is 2.31. The van der Waals surface area contributed by atoms with Crippen LogP contribution in [0, 0.1) is 6.92 Å². The lowest BCUT2D eigenvalue weighted by Gasteiger charge is -2.08. The Morgan fingerprint density at radius 3 is 2.65 bits per heavy atom. The van der Waals surface area contributed by atoms with Crippen molar-refractivity contribution in [3.05, 3.63) is 45.2 Å². The predicted octanol–water partition coefficient (Wildman–Crippen LogP) is 3.34. The fourth-order valence-corrected chi connectivity index (χ4v) is 4.99. The summed E-state index contributed by atoms with van der Waals surface area (Å²) in [4.78, 5) is 0. The zero-order chi connectivity index (χ0) is 14.8. The quantitative estimate of drug-likeness (QED) is 0.843. The van der Waals surface area contributed by atoms with Crippen LogP contribution in [-0.2, 0) is 16.6 Å². The van der Waals surface area contributed by atoms with Gasteiger partial charge in [0.25, 0.3) is 10.0 Å². The standard InChI is InChI=1S/C13H15BrN2O2S2/c1-9-6-12(19-13(9)14)20(17,18)16-11-5-3-4-10(7-11)8-15-2/h3-7,15-16H,8H2,1-2H3. The maximum atomic E-state index is 12.3. The highest BCUT2D eigenvalue weighted by Gasteiger charge is 2.18. The second-order valence-corrected chi connectivity index (χ2v) is 8.64. The molecule has 0 aliphatic carbocycles. The molecule has 0 radical (unpaired) electrons. The van der Waals surface area contributed by atoms with Crippen LogP contribution in [0.3, 0.4) is 0 Å². The van der Waals surface area contributed by atoms with Crippen LogP contribution in [0.25, 0.3) is 0 Å². The third kappa shape index (κ3) is 3.60. The summed E-state index contributed by atoms with van der Waals surface area (Å²) in [5.41, 5.74) is 2.51. The van der Waals surface area contributed by atoms with E-state index in [1.54, 1.807) is 12.1 Å². The first kappa shape index (κ1) is 15.5. The van der Waals surface area contributed by atoms with Crippen molar-refractivity contribution in [1.29, 1.82) is 0 Å². The number of hydrogen-bond acceptors (Lipinski definition) is 4. The van der Waals surface area contributed by atoms with Crippen LogP contribution in [0.5, 0.6) is 0 Å². The van der Waals surface area contributed by atoms with E-state index in [2.05, 4.69) is 26.0 Å². The number of halogens is 1. The monoisotopic (exact) mass is 374 g/mol. The maximum Gasteiger partial charge on any atom is 0.271 e. The Hall–Kier alpha value is -0.890. The normalized spacial score (nSPS) is 11.6. The van der Waals surface area contributed by atoms with Crippen molar-refractivity contribution in [2.45, 2.75) is 17.7 Å². The summed E-state index contributed by atoms with van der Waals surface area (Å²) in [6, 6.07) is 9.00. The molecule has 2 N–H and O–H groups in total. The number of sulfonamides is 1. The Morgan fingerprint density at radius 2 is 2.05 bits per heavy atom. The van der Waals surface area contributed by atoms with Gasteiger partial charge in [0.15, 0.2) is 0 Å². The predicted molar refractivity (Wildman–Crippen MR) is 86.8 cm³/mol. The molecule has 108 valence electrons. The number of nitrogens with one attached hydrogen (secondary N) is 2. The SMILES string of the molecule is CNCc1cccc(NS(=O)(=O)c2cc(C)c(Br)s2)c1. The Labute approximate surface area is 131 Å². The Balaban J connectivity index is 2.26. The molecule has 4 nitrogen and oxygen atoms in total. The van der Waals surface area contributed by atoms with Gasteiger partial charge < -0.3 is 5.32 Å². The summed E-state index contributed by atoms with van der Waals surface area (Å²) in [5, 5.41) is 3.04. The molecule has 0 amide bonds. The second kappa shape index (κ2) is 6.26. The summed E-state index contributed by atoms with van der Waals surface area (Å²) in [7, 11) is -1.68. The van der Waals surface area contributed by atoms with Crippen molar-refractivity contribution < 1.29 is 8.42 Å². The molecule has 0 aliphatic rings. The molecule has 1 aromatic heterocycles. The first-order valence-electron chi connectivity index (χ1n) is 5.94.